The lowest BCUT2D eigenvalue weighted by Gasteiger charge is -2.25. The standard InChI is InChI=1S/C21H17N3O5S/c1-2-28-21(27)24-8-7-12-15(10-24)30-19-16(12)18(25)22-17(23-19)13-9-11-5-3-4-6-14(11)29-20(13)26/h3-6,9H,2,7-8,10H2,1H3,(H,22,23,25). The Morgan fingerprint density at radius 3 is 3.00 bits per heavy atom. The first-order valence-corrected chi connectivity index (χ1v) is 10.4. The van der Waals surface area contributed by atoms with Crippen LogP contribution >= 0.6 is 11.3 Å². The first kappa shape index (κ1) is 18.6. The van der Waals surface area contributed by atoms with Gasteiger partial charge in [0.15, 0.2) is 0 Å². The molecule has 0 aliphatic carbocycles. The molecule has 4 aromatic rings. The molecular weight excluding hydrogens is 406 g/mol. The number of hydrogen-bond donors (Lipinski definition) is 1. The fourth-order valence-electron chi connectivity index (χ4n) is 3.73. The van der Waals surface area contributed by atoms with E-state index >= 15 is 0 Å². The summed E-state index contributed by atoms with van der Waals surface area (Å²) in [6.45, 7) is 2.93. The van der Waals surface area contributed by atoms with Crippen molar-refractivity contribution in [1.82, 2.24) is 14.9 Å². The van der Waals surface area contributed by atoms with Crippen molar-refractivity contribution in [3.8, 4) is 11.4 Å². The third-order valence-electron chi connectivity index (χ3n) is 5.13. The minimum atomic E-state index is -0.564. The summed E-state index contributed by atoms with van der Waals surface area (Å²) in [5.41, 5.74) is 0.713. The molecule has 0 fully saturated rings. The maximum absolute atomic E-state index is 12.9. The highest BCUT2D eigenvalue weighted by molar-refractivity contribution is 7.18. The fourth-order valence-corrected chi connectivity index (χ4v) is 4.96. The van der Waals surface area contributed by atoms with Gasteiger partial charge in [0.25, 0.3) is 5.56 Å². The number of aromatic nitrogens is 2. The molecule has 1 N–H and O–H groups in total. The van der Waals surface area contributed by atoms with Crippen molar-refractivity contribution in [2.24, 2.45) is 0 Å². The number of nitrogens with zero attached hydrogens (tertiary/aromatic N) is 2. The molecule has 152 valence electrons. The Morgan fingerprint density at radius 1 is 1.33 bits per heavy atom. The van der Waals surface area contributed by atoms with Gasteiger partial charge < -0.3 is 19.0 Å². The largest absolute Gasteiger partial charge is 0.450 e. The van der Waals surface area contributed by atoms with Crippen molar-refractivity contribution in [3.63, 3.8) is 0 Å². The third-order valence-corrected chi connectivity index (χ3v) is 6.24. The smallest absolute Gasteiger partial charge is 0.410 e. The minimum Gasteiger partial charge on any atom is -0.450 e. The molecule has 0 atom stereocenters. The Balaban J connectivity index is 1.61. The van der Waals surface area contributed by atoms with Crippen LogP contribution in [0.25, 0.3) is 32.6 Å². The lowest BCUT2D eigenvalue weighted by Crippen LogP contribution is -2.35. The Hall–Kier alpha value is -3.46. The highest BCUT2D eigenvalue weighted by Crippen LogP contribution is 2.33. The number of rotatable bonds is 2. The number of ether oxygens (including phenoxy) is 1. The number of aromatic amines is 1. The number of amides is 1. The van der Waals surface area contributed by atoms with Gasteiger partial charge in [-0.05, 0) is 31.0 Å². The number of H-pyrrole nitrogens is 1. The van der Waals surface area contributed by atoms with Crippen molar-refractivity contribution in [2.75, 3.05) is 13.2 Å². The number of fused-ring (bicyclic) bond motifs is 4. The first-order valence-electron chi connectivity index (χ1n) is 9.54. The van der Waals surface area contributed by atoms with Crippen LogP contribution in [-0.2, 0) is 17.7 Å². The second kappa shape index (κ2) is 7.10. The fraction of sp³-hybridized carbons (Fsp3) is 0.238. The van der Waals surface area contributed by atoms with E-state index in [4.69, 9.17) is 9.15 Å². The van der Waals surface area contributed by atoms with Crippen LogP contribution in [0, 0.1) is 0 Å². The molecule has 8 nitrogen and oxygen atoms in total. The Labute approximate surface area is 173 Å². The van der Waals surface area contributed by atoms with Crippen LogP contribution in [0.1, 0.15) is 17.4 Å². The zero-order valence-electron chi connectivity index (χ0n) is 16.1. The van der Waals surface area contributed by atoms with Gasteiger partial charge in [0.05, 0.1) is 18.5 Å². The van der Waals surface area contributed by atoms with Crippen molar-refractivity contribution in [2.45, 2.75) is 19.9 Å². The maximum atomic E-state index is 12.9. The molecule has 0 radical (unpaired) electrons. The molecule has 1 amide bonds. The Bertz CT molecular complexity index is 1420. The summed E-state index contributed by atoms with van der Waals surface area (Å²) < 4.78 is 10.5. The number of carbonyl (C=O) groups is 1. The summed E-state index contributed by atoms with van der Waals surface area (Å²) in [5.74, 6) is 0.174. The lowest BCUT2D eigenvalue weighted by molar-refractivity contribution is 0.103. The van der Waals surface area contributed by atoms with Gasteiger partial charge in [-0.1, -0.05) is 18.2 Å². The van der Waals surface area contributed by atoms with Gasteiger partial charge in [0.1, 0.15) is 21.8 Å². The lowest BCUT2D eigenvalue weighted by atomic mass is 10.1. The van der Waals surface area contributed by atoms with E-state index in [9.17, 15) is 14.4 Å². The predicted octanol–water partition coefficient (Wildman–Crippen LogP) is 3.27. The molecule has 1 aromatic carbocycles. The van der Waals surface area contributed by atoms with Crippen LogP contribution in [0.15, 0.2) is 44.3 Å². The SMILES string of the molecule is CCOC(=O)N1CCc2c(sc3nc(-c4cc5ccccc5oc4=O)[nH]c(=O)c23)C1. The molecule has 0 saturated heterocycles. The van der Waals surface area contributed by atoms with Gasteiger partial charge in [-0.3, -0.25) is 4.79 Å². The molecule has 0 spiro atoms. The molecule has 1 aliphatic rings. The normalized spacial score (nSPS) is 13.6. The van der Waals surface area contributed by atoms with E-state index in [1.54, 1.807) is 30.0 Å². The van der Waals surface area contributed by atoms with E-state index in [-0.39, 0.29) is 23.0 Å². The third kappa shape index (κ3) is 2.98. The number of nitrogens with one attached hydrogen (secondary N) is 1. The van der Waals surface area contributed by atoms with Crippen molar-refractivity contribution < 1.29 is 13.9 Å². The highest BCUT2D eigenvalue weighted by atomic mass is 32.1. The van der Waals surface area contributed by atoms with Gasteiger partial charge in [0, 0.05) is 16.8 Å². The Morgan fingerprint density at radius 2 is 2.17 bits per heavy atom. The number of carbonyl (C=O) groups excluding carboxylic acids is 1. The molecule has 0 bridgehead atoms. The summed E-state index contributed by atoms with van der Waals surface area (Å²) in [5, 5.41) is 1.26. The molecule has 3 aromatic heterocycles. The van der Waals surface area contributed by atoms with Crippen LogP contribution in [-0.4, -0.2) is 34.1 Å². The van der Waals surface area contributed by atoms with E-state index in [0.717, 1.165) is 15.8 Å². The topological polar surface area (TPSA) is 106 Å². The number of para-hydroxylation sites is 1. The maximum Gasteiger partial charge on any atom is 0.410 e. The zero-order chi connectivity index (χ0) is 20.8. The molecule has 9 heteroatoms. The second-order valence-corrected chi connectivity index (χ2v) is 8.04. The first-order chi connectivity index (χ1) is 14.5. The summed E-state index contributed by atoms with van der Waals surface area (Å²) in [7, 11) is 0. The zero-order valence-corrected chi connectivity index (χ0v) is 16.9. The van der Waals surface area contributed by atoms with Gasteiger partial charge in [0.2, 0.25) is 0 Å². The summed E-state index contributed by atoms with van der Waals surface area (Å²) in [6, 6.07) is 8.83. The molecule has 30 heavy (non-hydrogen) atoms. The molecule has 0 saturated carbocycles. The second-order valence-electron chi connectivity index (χ2n) is 6.95. The molecule has 1 aliphatic heterocycles. The van der Waals surface area contributed by atoms with E-state index in [2.05, 4.69) is 9.97 Å². The van der Waals surface area contributed by atoms with E-state index < -0.39 is 5.63 Å². The van der Waals surface area contributed by atoms with Gasteiger partial charge in [-0.15, -0.1) is 11.3 Å². The average Bonchev–Trinajstić information content (AvgIpc) is 3.11. The highest BCUT2D eigenvalue weighted by Gasteiger charge is 2.27. The van der Waals surface area contributed by atoms with Crippen molar-refractivity contribution in [3.05, 3.63) is 61.5 Å². The van der Waals surface area contributed by atoms with Crippen LogP contribution < -0.4 is 11.2 Å². The van der Waals surface area contributed by atoms with Crippen molar-refractivity contribution in [1.29, 1.82) is 0 Å². The Kier molecular flexibility index (Phi) is 4.39. The van der Waals surface area contributed by atoms with Crippen LogP contribution in [0.3, 0.4) is 0 Å². The molecule has 0 unspecified atom stereocenters. The van der Waals surface area contributed by atoms with Gasteiger partial charge >= 0.3 is 11.7 Å². The van der Waals surface area contributed by atoms with E-state index in [0.29, 0.717) is 41.9 Å². The summed E-state index contributed by atoms with van der Waals surface area (Å²) in [4.78, 5) is 47.8. The van der Waals surface area contributed by atoms with E-state index in [1.165, 1.54) is 11.3 Å². The van der Waals surface area contributed by atoms with Crippen LogP contribution in [0.4, 0.5) is 4.79 Å². The summed E-state index contributed by atoms with van der Waals surface area (Å²) >= 11 is 1.36. The monoisotopic (exact) mass is 423 g/mol. The minimum absolute atomic E-state index is 0.174. The van der Waals surface area contributed by atoms with Gasteiger partial charge in [-0.25, -0.2) is 14.6 Å². The van der Waals surface area contributed by atoms with Crippen LogP contribution in [0.2, 0.25) is 0 Å². The molecular formula is C21H17N3O5S. The quantitative estimate of drug-likeness (QED) is 0.496. The predicted molar refractivity (Wildman–Crippen MR) is 113 cm³/mol. The summed E-state index contributed by atoms with van der Waals surface area (Å²) in [6.07, 6.45) is 0.188. The average molecular weight is 423 g/mol. The van der Waals surface area contributed by atoms with E-state index in [1.807, 2.05) is 12.1 Å². The number of benzene rings is 1. The van der Waals surface area contributed by atoms with Crippen molar-refractivity contribution >= 4 is 38.6 Å². The van der Waals surface area contributed by atoms with Gasteiger partial charge in [-0.2, -0.15) is 0 Å². The number of thiophene rings is 1. The molecule has 4 heterocycles. The number of hydrogen-bond acceptors (Lipinski definition) is 7. The van der Waals surface area contributed by atoms with Crippen LogP contribution in [0.5, 0.6) is 0 Å². The molecule has 5 rings (SSSR count).